The van der Waals surface area contributed by atoms with Gasteiger partial charge in [-0.15, -0.1) is 0 Å². The molecule has 3 aromatic carbocycles. The van der Waals surface area contributed by atoms with Crippen molar-refractivity contribution in [1.29, 1.82) is 0 Å². The third-order valence-electron chi connectivity index (χ3n) is 7.94. The van der Waals surface area contributed by atoms with Crippen LogP contribution in [-0.4, -0.2) is 86.6 Å². The van der Waals surface area contributed by atoms with Crippen LogP contribution in [0.1, 0.15) is 57.8 Å². The summed E-state index contributed by atoms with van der Waals surface area (Å²) < 4.78 is 28.7. The maximum atomic E-state index is 14.2. The van der Waals surface area contributed by atoms with Gasteiger partial charge in [0.2, 0.25) is 0 Å². The van der Waals surface area contributed by atoms with E-state index < -0.39 is 11.7 Å². The van der Waals surface area contributed by atoms with E-state index in [0.717, 1.165) is 16.9 Å². The standard InChI is InChI=1S/C38H50N2O7/c1-27(2)40(36(41)31-17-18-34(44-7)35(23-31)45-20-12-19-43-6)32-21-28(24-39(25-32)37(42)47-38(3,4)5)26-46-33-16-11-15-30(22-33)29-13-9-8-10-14-29/h8-11,13-18,22-23,27-28,32H,12,19-21,24-26H2,1-7H3/t28-,32+/m0/s1. The van der Waals surface area contributed by atoms with Gasteiger partial charge in [-0.3, -0.25) is 4.79 Å². The second kappa shape index (κ2) is 16.5. The minimum atomic E-state index is -0.649. The Morgan fingerprint density at radius 2 is 1.62 bits per heavy atom. The van der Waals surface area contributed by atoms with E-state index in [-0.39, 0.29) is 23.9 Å². The summed E-state index contributed by atoms with van der Waals surface area (Å²) in [5, 5.41) is 0. The number of rotatable bonds is 13. The number of benzene rings is 3. The summed E-state index contributed by atoms with van der Waals surface area (Å²) in [4.78, 5) is 31.2. The van der Waals surface area contributed by atoms with Crippen LogP contribution in [-0.2, 0) is 9.47 Å². The Labute approximate surface area is 279 Å². The number of likely N-dealkylation sites (tertiary alicyclic amines) is 1. The number of carbonyl (C=O) groups is 2. The van der Waals surface area contributed by atoms with E-state index in [4.69, 9.17) is 23.7 Å². The molecule has 0 spiro atoms. The third kappa shape index (κ3) is 10.1. The first-order valence-electron chi connectivity index (χ1n) is 16.4. The monoisotopic (exact) mass is 646 g/mol. The summed E-state index contributed by atoms with van der Waals surface area (Å²) >= 11 is 0. The summed E-state index contributed by atoms with van der Waals surface area (Å²) in [7, 11) is 3.22. The van der Waals surface area contributed by atoms with Crippen LogP contribution >= 0.6 is 0 Å². The lowest BCUT2D eigenvalue weighted by Gasteiger charge is -2.44. The Kier molecular flexibility index (Phi) is 12.5. The molecule has 0 N–H and O–H groups in total. The molecular formula is C38H50N2O7. The lowest BCUT2D eigenvalue weighted by Crippen LogP contribution is -2.57. The highest BCUT2D eigenvalue weighted by Crippen LogP contribution is 2.32. The highest BCUT2D eigenvalue weighted by atomic mass is 16.6. The van der Waals surface area contributed by atoms with Gasteiger partial charge in [-0.1, -0.05) is 42.5 Å². The van der Waals surface area contributed by atoms with Gasteiger partial charge in [-0.05, 0) is 82.5 Å². The number of piperidine rings is 1. The van der Waals surface area contributed by atoms with Crippen molar-refractivity contribution in [1.82, 2.24) is 9.80 Å². The second-order valence-corrected chi connectivity index (χ2v) is 13.2. The molecule has 2 amide bonds. The summed E-state index contributed by atoms with van der Waals surface area (Å²) in [5.74, 6) is 1.63. The number of methoxy groups -OCH3 is 2. The van der Waals surface area contributed by atoms with Gasteiger partial charge in [0.1, 0.15) is 11.4 Å². The van der Waals surface area contributed by atoms with Crippen molar-refractivity contribution >= 4 is 12.0 Å². The van der Waals surface area contributed by atoms with Gasteiger partial charge in [0, 0.05) is 50.8 Å². The normalized spacial score (nSPS) is 16.5. The van der Waals surface area contributed by atoms with E-state index in [1.807, 2.05) is 75.9 Å². The molecule has 47 heavy (non-hydrogen) atoms. The fourth-order valence-electron chi connectivity index (χ4n) is 5.86. The van der Waals surface area contributed by atoms with Crippen LogP contribution < -0.4 is 14.2 Å². The van der Waals surface area contributed by atoms with Gasteiger partial charge in [-0.2, -0.15) is 0 Å². The molecule has 0 aromatic heterocycles. The van der Waals surface area contributed by atoms with Crippen molar-refractivity contribution in [3.8, 4) is 28.4 Å². The largest absolute Gasteiger partial charge is 0.493 e. The molecule has 1 saturated heterocycles. The molecule has 9 nitrogen and oxygen atoms in total. The van der Waals surface area contributed by atoms with Gasteiger partial charge >= 0.3 is 6.09 Å². The number of hydrogen-bond donors (Lipinski definition) is 0. The molecule has 0 unspecified atom stereocenters. The Morgan fingerprint density at radius 3 is 2.30 bits per heavy atom. The first-order chi connectivity index (χ1) is 22.5. The number of carbonyl (C=O) groups excluding carboxylic acids is 2. The lowest BCUT2D eigenvalue weighted by molar-refractivity contribution is -0.00552. The average molecular weight is 647 g/mol. The van der Waals surface area contributed by atoms with Gasteiger partial charge < -0.3 is 33.5 Å². The Bertz CT molecular complexity index is 1450. The molecule has 9 heteroatoms. The first-order valence-corrected chi connectivity index (χ1v) is 16.4. The van der Waals surface area contributed by atoms with Crippen LogP contribution in [0.3, 0.4) is 0 Å². The van der Waals surface area contributed by atoms with E-state index in [1.54, 1.807) is 37.3 Å². The third-order valence-corrected chi connectivity index (χ3v) is 7.94. The van der Waals surface area contributed by atoms with Crippen molar-refractivity contribution in [2.45, 2.75) is 65.1 Å². The second-order valence-electron chi connectivity index (χ2n) is 13.2. The minimum Gasteiger partial charge on any atom is -0.493 e. The van der Waals surface area contributed by atoms with Crippen molar-refractivity contribution in [2.24, 2.45) is 5.92 Å². The first kappa shape index (κ1) is 35.6. The van der Waals surface area contributed by atoms with Gasteiger partial charge in [0.25, 0.3) is 5.91 Å². The average Bonchev–Trinajstić information content (AvgIpc) is 3.05. The predicted molar refractivity (Wildman–Crippen MR) is 183 cm³/mol. The van der Waals surface area contributed by atoms with Crippen molar-refractivity contribution < 1.29 is 33.3 Å². The lowest BCUT2D eigenvalue weighted by atomic mass is 9.92. The van der Waals surface area contributed by atoms with Crippen LogP contribution in [0, 0.1) is 5.92 Å². The Hall–Kier alpha value is -4.24. The van der Waals surface area contributed by atoms with Gasteiger partial charge in [-0.25, -0.2) is 4.79 Å². The molecule has 0 saturated carbocycles. The van der Waals surface area contributed by atoms with E-state index in [0.29, 0.717) is 62.8 Å². The van der Waals surface area contributed by atoms with Gasteiger partial charge in [0.15, 0.2) is 11.5 Å². The van der Waals surface area contributed by atoms with Crippen LogP contribution in [0.5, 0.6) is 17.2 Å². The highest BCUT2D eigenvalue weighted by Gasteiger charge is 2.38. The molecule has 3 aromatic rings. The maximum absolute atomic E-state index is 14.2. The maximum Gasteiger partial charge on any atom is 0.410 e. The van der Waals surface area contributed by atoms with Gasteiger partial charge in [0.05, 0.1) is 26.4 Å². The molecule has 1 fully saturated rings. The molecule has 1 aliphatic heterocycles. The summed E-state index contributed by atoms with van der Waals surface area (Å²) in [6, 6.07) is 23.0. The van der Waals surface area contributed by atoms with Crippen LogP contribution in [0.25, 0.3) is 11.1 Å². The SMILES string of the molecule is COCCCOc1cc(C(=O)N(C(C)C)[C@@H]2C[C@H](COc3cccc(-c4ccccc4)c3)CN(C(=O)OC(C)(C)C)C2)ccc1OC. The molecule has 0 radical (unpaired) electrons. The fourth-order valence-corrected chi connectivity index (χ4v) is 5.86. The summed E-state index contributed by atoms with van der Waals surface area (Å²) in [6.45, 7) is 11.8. The minimum absolute atomic E-state index is 0.0359. The number of amides is 2. The zero-order valence-electron chi connectivity index (χ0n) is 28.9. The van der Waals surface area contributed by atoms with Crippen LogP contribution in [0.2, 0.25) is 0 Å². The van der Waals surface area contributed by atoms with Crippen molar-refractivity contribution in [3.63, 3.8) is 0 Å². The zero-order chi connectivity index (χ0) is 34.0. The molecule has 2 atom stereocenters. The number of hydrogen-bond acceptors (Lipinski definition) is 7. The van der Waals surface area contributed by atoms with E-state index >= 15 is 0 Å². The number of ether oxygens (including phenoxy) is 5. The molecule has 254 valence electrons. The molecule has 0 aliphatic carbocycles. The Morgan fingerprint density at radius 1 is 0.872 bits per heavy atom. The quantitative estimate of drug-likeness (QED) is 0.180. The zero-order valence-corrected chi connectivity index (χ0v) is 28.9. The molecule has 4 rings (SSSR count). The van der Waals surface area contributed by atoms with E-state index in [1.165, 1.54) is 0 Å². The molecule has 1 heterocycles. The Balaban J connectivity index is 1.56. The molecule has 0 bridgehead atoms. The van der Waals surface area contributed by atoms with Crippen molar-refractivity contribution in [3.05, 3.63) is 78.4 Å². The summed E-state index contributed by atoms with van der Waals surface area (Å²) in [5.41, 5.74) is 2.02. The topological polar surface area (TPSA) is 86.8 Å². The van der Waals surface area contributed by atoms with Crippen molar-refractivity contribution in [2.75, 3.05) is 47.1 Å². The van der Waals surface area contributed by atoms with E-state index in [9.17, 15) is 9.59 Å². The predicted octanol–water partition coefficient (Wildman–Crippen LogP) is 7.33. The molecule has 1 aliphatic rings. The number of nitrogens with zero attached hydrogens (tertiary/aromatic N) is 2. The smallest absolute Gasteiger partial charge is 0.410 e. The highest BCUT2D eigenvalue weighted by molar-refractivity contribution is 5.95. The summed E-state index contributed by atoms with van der Waals surface area (Å²) in [6.07, 6.45) is 0.974. The van der Waals surface area contributed by atoms with E-state index in [2.05, 4.69) is 18.2 Å². The van der Waals surface area contributed by atoms with Crippen LogP contribution in [0.15, 0.2) is 72.8 Å². The van der Waals surface area contributed by atoms with Crippen LogP contribution in [0.4, 0.5) is 4.79 Å². The molecular weight excluding hydrogens is 596 g/mol. The fraction of sp³-hybridized carbons (Fsp3) is 0.474.